The van der Waals surface area contributed by atoms with E-state index in [4.69, 9.17) is 5.73 Å². The molecule has 2 aromatic heterocycles. The number of amides is 1. The highest BCUT2D eigenvalue weighted by Crippen LogP contribution is 2.13. The van der Waals surface area contributed by atoms with Crippen molar-refractivity contribution in [2.75, 3.05) is 5.73 Å². The van der Waals surface area contributed by atoms with Gasteiger partial charge in [0.25, 0.3) is 5.91 Å². The fourth-order valence-electron chi connectivity index (χ4n) is 1.52. The molecular formula is C11H15N5OS. The van der Waals surface area contributed by atoms with Crippen LogP contribution in [-0.4, -0.2) is 20.7 Å². The number of aryl methyl sites for hydroxylation is 2. The molecule has 18 heavy (non-hydrogen) atoms. The van der Waals surface area contributed by atoms with Crippen molar-refractivity contribution in [1.29, 1.82) is 0 Å². The van der Waals surface area contributed by atoms with E-state index >= 15 is 0 Å². The zero-order valence-electron chi connectivity index (χ0n) is 10.3. The first kappa shape index (κ1) is 12.6. The van der Waals surface area contributed by atoms with Gasteiger partial charge in [0.1, 0.15) is 0 Å². The van der Waals surface area contributed by atoms with Gasteiger partial charge >= 0.3 is 0 Å². The van der Waals surface area contributed by atoms with Gasteiger partial charge in [0.05, 0.1) is 23.4 Å². The highest BCUT2D eigenvalue weighted by Gasteiger charge is 2.14. The van der Waals surface area contributed by atoms with Crippen molar-refractivity contribution in [1.82, 2.24) is 20.1 Å². The van der Waals surface area contributed by atoms with Crippen LogP contribution in [0, 0.1) is 6.92 Å². The number of carbonyl (C=O) groups excluding carboxylic acids is 1. The van der Waals surface area contributed by atoms with Crippen LogP contribution in [0.5, 0.6) is 0 Å². The van der Waals surface area contributed by atoms with E-state index in [-0.39, 0.29) is 11.6 Å². The molecule has 96 valence electrons. The molecule has 1 amide bonds. The topological polar surface area (TPSA) is 85.8 Å². The fraction of sp³-hybridized carbons (Fsp3) is 0.364. The van der Waals surface area contributed by atoms with E-state index in [2.05, 4.69) is 15.4 Å². The SMILES string of the molecule is CCn1cc(N)c(C(=O)NCc2scnc2C)n1. The Balaban J connectivity index is 2.03. The first-order chi connectivity index (χ1) is 8.61. The first-order valence-electron chi connectivity index (χ1n) is 5.62. The molecular weight excluding hydrogens is 250 g/mol. The number of aromatic nitrogens is 3. The van der Waals surface area contributed by atoms with Crippen molar-refractivity contribution < 1.29 is 4.79 Å². The van der Waals surface area contributed by atoms with Crippen LogP contribution >= 0.6 is 11.3 Å². The predicted octanol–water partition coefficient (Wildman–Crippen LogP) is 1.18. The van der Waals surface area contributed by atoms with Gasteiger partial charge in [-0.1, -0.05) is 0 Å². The second-order valence-corrected chi connectivity index (χ2v) is 4.77. The van der Waals surface area contributed by atoms with Gasteiger partial charge in [0, 0.05) is 17.6 Å². The Bertz CT molecular complexity index is 560. The zero-order valence-corrected chi connectivity index (χ0v) is 11.1. The van der Waals surface area contributed by atoms with Gasteiger partial charge in [0.15, 0.2) is 5.69 Å². The van der Waals surface area contributed by atoms with E-state index in [1.807, 2.05) is 13.8 Å². The van der Waals surface area contributed by atoms with Crippen LogP contribution < -0.4 is 11.1 Å². The number of nitrogens with two attached hydrogens (primary N) is 1. The average Bonchev–Trinajstić information content (AvgIpc) is 2.92. The average molecular weight is 265 g/mol. The van der Waals surface area contributed by atoms with Crippen LogP contribution in [0.1, 0.15) is 28.0 Å². The summed E-state index contributed by atoms with van der Waals surface area (Å²) in [6, 6.07) is 0. The van der Waals surface area contributed by atoms with Crippen molar-refractivity contribution in [2.24, 2.45) is 0 Å². The van der Waals surface area contributed by atoms with E-state index in [1.54, 1.807) is 16.4 Å². The van der Waals surface area contributed by atoms with Gasteiger partial charge in [-0.2, -0.15) is 5.10 Å². The third-order valence-corrected chi connectivity index (χ3v) is 3.52. The lowest BCUT2D eigenvalue weighted by molar-refractivity contribution is 0.0946. The monoisotopic (exact) mass is 265 g/mol. The number of nitrogen functional groups attached to an aromatic ring is 1. The number of nitrogens with one attached hydrogen (secondary N) is 1. The maximum absolute atomic E-state index is 11.9. The van der Waals surface area contributed by atoms with Crippen molar-refractivity contribution in [3.05, 3.63) is 28.0 Å². The number of rotatable bonds is 4. The molecule has 2 rings (SSSR count). The molecule has 0 unspecified atom stereocenters. The number of hydrogen-bond donors (Lipinski definition) is 2. The molecule has 7 heteroatoms. The van der Waals surface area contributed by atoms with Crippen molar-refractivity contribution >= 4 is 22.9 Å². The van der Waals surface area contributed by atoms with Gasteiger partial charge in [-0.25, -0.2) is 4.98 Å². The minimum absolute atomic E-state index is 0.257. The van der Waals surface area contributed by atoms with Crippen LogP contribution in [-0.2, 0) is 13.1 Å². The molecule has 0 spiro atoms. The van der Waals surface area contributed by atoms with Crippen molar-refractivity contribution in [3.63, 3.8) is 0 Å². The van der Waals surface area contributed by atoms with E-state index in [9.17, 15) is 4.79 Å². The predicted molar refractivity (Wildman–Crippen MR) is 70.3 cm³/mol. The second-order valence-electron chi connectivity index (χ2n) is 3.83. The Morgan fingerprint density at radius 1 is 1.61 bits per heavy atom. The number of thiazole rings is 1. The number of carbonyl (C=O) groups is 1. The molecule has 2 aromatic rings. The van der Waals surface area contributed by atoms with E-state index < -0.39 is 0 Å². The highest BCUT2D eigenvalue weighted by molar-refractivity contribution is 7.09. The Kier molecular flexibility index (Phi) is 3.61. The van der Waals surface area contributed by atoms with Crippen LogP contribution in [0.25, 0.3) is 0 Å². The summed E-state index contributed by atoms with van der Waals surface area (Å²) in [4.78, 5) is 17.1. The van der Waals surface area contributed by atoms with Gasteiger partial charge in [-0.15, -0.1) is 11.3 Å². The zero-order chi connectivity index (χ0) is 13.1. The summed E-state index contributed by atoms with van der Waals surface area (Å²) in [6.07, 6.45) is 1.66. The molecule has 0 atom stereocenters. The van der Waals surface area contributed by atoms with Crippen molar-refractivity contribution in [3.8, 4) is 0 Å². The molecule has 0 aliphatic rings. The third kappa shape index (κ3) is 2.51. The van der Waals surface area contributed by atoms with Crippen LogP contribution in [0.15, 0.2) is 11.7 Å². The lowest BCUT2D eigenvalue weighted by Crippen LogP contribution is -2.24. The quantitative estimate of drug-likeness (QED) is 0.869. The third-order valence-electron chi connectivity index (χ3n) is 2.58. The Morgan fingerprint density at radius 3 is 2.94 bits per heavy atom. The van der Waals surface area contributed by atoms with Gasteiger partial charge < -0.3 is 11.1 Å². The standard InChI is InChI=1S/C11H15N5OS/c1-3-16-5-8(12)10(15-16)11(17)13-4-9-7(2)14-6-18-9/h5-6H,3-4,12H2,1-2H3,(H,13,17). The maximum Gasteiger partial charge on any atom is 0.274 e. The summed E-state index contributed by atoms with van der Waals surface area (Å²) in [6.45, 7) is 4.99. The first-order valence-corrected chi connectivity index (χ1v) is 6.50. The molecule has 0 bridgehead atoms. The minimum atomic E-state index is -0.257. The molecule has 3 N–H and O–H groups in total. The Morgan fingerprint density at radius 2 is 2.39 bits per heavy atom. The number of nitrogens with zero attached hydrogens (tertiary/aromatic N) is 3. The fourth-order valence-corrected chi connectivity index (χ4v) is 2.23. The van der Waals surface area contributed by atoms with Crippen LogP contribution in [0.3, 0.4) is 0 Å². The minimum Gasteiger partial charge on any atom is -0.396 e. The molecule has 0 saturated heterocycles. The summed E-state index contributed by atoms with van der Waals surface area (Å²) in [5.74, 6) is -0.257. The van der Waals surface area contributed by atoms with Gasteiger partial charge in [-0.3, -0.25) is 9.48 Å². The molecule has 0 radical (unpaired) electrons. The van der Waals surface area contributed by atoms with Gasteiger partial charge in [-0.05, 0) is 13.8 Å². The van der Waals surface area contributed by atoms with E-state index in [1.165, 1.54) is 11.3 Å². The largest absolute Gasteiger partial charge is 0.396 e. The van der Waals surface area contributed by atoms with Crippen molar-refractivity contribution in [2.45, 2.75) is 26.9 Å². The normalized spacial score (nSPS) is 10.6. The Hall–Kier alpha value is -1.89. The number of anilines is 1. The van der Waals surface area contributed by atoms with Gasteiger partial charge in [0.2, 0.25) is 0 Å². The summed E-state index contributed by atoms with van der Waals surface area (Å²) < 4.78 is 1.64. The molecule has 0 aliphatic carbocycles. The summed E-state index contributed by atoms with van der Waals surface area (Å²) in [7, 11) is 0. The second kappa shape index (κ2) is 5.18. The van der Waals surface area contributed by atoms with Crippen LogP contribution in [0.4, 0.5) is 5.69 Å². The number of hydrogen-bond acceptors (Lipinski definition) is 5. The summed E-state index contributed by atoms with van der Waals surface area (Å²) >= 11 is 1.52. The van der Waals surface area contributed by atoms with E-state index in [0.29, 0.717) is 18.8 Å². The molecule has 2 heterocycles. The Labute approximate surface area is 109 Å². The summed E-state index contributed by atoms with van der Waals surface area (Å²) in [5.41, 5.74) is 9.12. The molecule has 6 nitrogen and oxygen atoms in total. The molecule has 0 aliphatic heterocycles. The lowest BCUT2D eigenvalue weighted by atomic mass is 10.3. The lowest BCUT2D eigenvalue weighted by Gasteiger charge is -2.02. The molecule has 0 aromatic carbocycles. The van der Waals surface area contributed by atoms with E-state index in [0.717, 1.165) is 10.6 Å². The van der Waals surface area contributed by atoms with Crippen LogP contribution in [0.2, 0.25) is 0 Å². The smallest absolute Gasteiger partial charge is 0.274 e. The summed E-state index contributed by atoms with van der Waals surface area (Å²) in [5, 5.41) is 6.91. The molecule has 0 saturated carbocycles. The maximum atomic E-state index is 11.9. The highest BCUT2D eigenvalue weighted by atomic mass is 32.1. The molecule has 0 fully saturated rings.